The lowest BCUT2D eigenvalue weighted by atomic mass is 10.1. The largest absolute Gasteiger partial charge is 0.369 e. The van der Waals surface area contributed by atoms with Gasteiger partial charge in [0, 0.05) is 44.5 Å². The Kier molecular flexibility index (Phi) is 4.53. The zero-order valence-corrected chi connectivity index (χ0v) is 14.1. The molecule has 0 aromatic heterocycles. The number of benzene rings is 1. The van der Waals surface area contributed by atoms with Crippen LogP contribution in [0.4, 0.5) is 10.5 Å². The van der Waals surface area contributed by atoms with Gasteiger partial charge in [-0.1, -0.05) is 0 Å². The second-order valence-electron chi connectivity index (χ2n) is 6.31. The minimum atomic E-state index is -0.220. The monoisotopic (exact) mass is 330 g/mol. The topological polar surface area (TPSA) is 64.2 Å². The zero-order valence-electron chi connectivity index (χ0n) is 14.1. The molecule has 0 saturated carbocycles. The molecule has 2 heterocycles. The molecule has 0 radical (unpaired) electrons. The Morgan fingerprint density at radius 3 is 2.17 bits per heavy atom. The van der Waals surface area contributed by atoms with Gasteiger partial charge in [-0.15, -0.1) is 0 Å². The second-order valence-corrected chi connectivity index (χ2v) is 6.31. The van der Waals surface area contributed by atoms with Gasteiger partial charge in [0.15, 0.2) is 5.78 Å². The van der Waals surface area contributed by atoms with E-state index in [1.165, 1.54) is 9.80 Å². The molecule has 0 N–H and O–H groups in total. The fourth-order valence-electron chi connectivity index (χ4n) is 3.06. The zero-order chi connectivity index (χ0) is 17.3. The van der Waals surface area contributed by atoms with Gasteiger partial charge in [0.05, 0.1) is 6.67 Å². The summed E-state index contributed by atoms with van der Waals surface area (Å²) in [5.74, 6) is -0.0685. The molecule has 128 valence electrons. The van der Waals surface area contributed by atoms with Crippen LogP contribution in [0, 0.1) is 0 Å². The summed E-state index contributed by atoms with van der Waals surface area (Å²) < 4.78 is 0. The van der Waals surface area contributed by atoms with Crippen LogP contribution in [0.15, 0.2) is 24.3 Å². The van der Waals surface area contributed by atoms with Crippen molar-refractivity contribution in [3.8, 4) is 0 Å². The normalized spacial score (nSPS) is 19.3. The van der Waals surface area contributed by atoms with E-state index in [1.54, 1.807) is 14.0 Å². The van der Waals surface area contributed by atoms with Gasteiger partial charge in [0.2, 0.25) is 0 Å². The molecule has 3 amide bonds. The summed E-state index contributed by atoms with van der Waals surface area (Å²) in [5, 5.41) is 0. The third-order valence-electron chi connectivity index (χ3n) is 4.58. The molecule has 7 nitrogen and oxygen atoms in total. The highest BCUT2D eigenvalue weighted by atomic mass is 16.2. The van der Waals surface area contributed by atoms with Gasteiger partial charge < -0.3 is 9.80 Å². The molecule has 0 bridgehead atoms. The fourth-order valence-corrected chi connectivity index (χ4v) is 3.06. The number of likely N-dealkylation sites (N-methyl/N-ethyl adjacent to an activating group) is 1. The number of piperazine rings is 1. The number of amides is 3. The maximum Gasteiger partial charge on any atom is 0.328 e. The first-order chi connectivity index (χ1) is 11.5. The van der Waals surface area contributed by atoms with Crippen molar-refractivity contribution in [2.45, 2.75) is 6.92 Å². The maximum absolute atomic E-state index is 11.9. The summed E-state index contributed by atoms with van der Waals surface area (Å²) in [6, 6.07) is 7.41. The van der Waals surface area contributed by atoms with E-state index in [-0.39, 0.29) is 24.3 Å². The lowest BCUT2D eigenvalue weighted by Crippen LogP contribution is -2.51. The number of carbonyl (C=O) groups excluding carboxylic acids is 3. The predicted molar refractivity (Wildman–Crippen MR) is 90.0 cm³/mol. The summed E-state index contributed by atoms with van der Waals surface area (Å²) >= 11 is 0. The summed E-state index contributed by atoms with van der Waals surface area (Å²) in [7, 11) is 1.64. The standard InChI is InChI=1S/C17H22N4O3/c1-13(22)14-3-5-15(6-4-14)20-9-7-19(8-10-20)12-21-16(23)11-18(2)17(21)24/h3-6H,7-12H2,1-2H3. The summed E-state index contributed by atoms with van der Waals surface area (Å²) in [6.07, 6.45) is 0. The number of rotatable bonds is 4. The Morgan fingerprint density at radius 2 is 1.67 bits per heavy atom. The Morgan fingerprint density at radius 1 is 1.04 bits per heavy atom. The van der Waals surface area contributed by atoms with Crippen molar-refractivity contribution >= 4 is 23.4 Å². The third-order valence-corrected chi connectivity index (χ3v) is 4.58. The minimum Gasteiger partial charge on any atom is -0.369 e. The number of nitrogens with zero attached hydrogens (tertiary/aromatic N) is 4. The number of anilines is 1. The average Bonchev–Trinajstić information content (AvgIpc) is 2.82. The van der Waals surface area contributed by atoms with Crippen LogP contribution in [0.1, 0.15) is 17.3 Å². The van der Waals surface area contributed by atoms with E-state index < -0.39 is 0 Å². The molecule has 7 heteroatoms. The van der Waals surface area contributed by atoms with E-state index in [2.05, 4.69) is 9.80 Å². The minimum absolute atomic E-state index is 0.0660. The van der Waals surface area contributed by atoms with E-state index in [4.69, 9.17) is 0 Å². The van der Waals surface area contributed by atoms with E-state index in [0.29, 0.717) is 12.2 Å². The van der Waals surface area contributed by atoms with Crippen molar-refractivity contribution in [1.82, 2.24) is 14.7 Å². The smallest absolute Gasteiger partial charge is 0.328 e. The summed E-state index contributed by atoms with van der Waals surface area (Å²) in [6.45, 7) is 5.31. The maximum atomic E-state index is 11.9. The van der Waals surface area contributed by atoms with Crippen molar-refractivity contribution in [3.63, 3.8) is 0 Å². The molecule has 1 aromatic carbocycles. The molecule has 0 spiro atoms. The average molecular weight is 330 g/mol. The van der Waals surface area contributed by atoms with Crippen LogP contribution in [-0.4, -0.2) is 78.9 Å². The molecular formula is C17H22N4O3. The van der Waals surface area contributed by atoms with Crippen molar-refractivity contribution in [3.05, 3.63) is 29.8 Å². The highest BCUT2D eigenvalue weighted by Crippen LogP contribution is 2.18. The number of carbonyl (C=O) groups is 3. The SMILES string of the molecule is CC(=O)c1ccc(N2CCN(CN3C(=O)CN(C)C3=O)CC2)cc1. The van der Waals surface area contributed by atoms with E-state index in [1.807, 2.05) is 24.3 Å². The van der Waals surface area contributed by atoms with Crippen LogP contribution in [0.3, 0.4) is 0 Å². The quantitative estimate of drug-likeness (QED) is 0.605. The molecule has 2 saturated heterocycles. The number of hydrogen-bond donors (Lipinski definition) is 0. The number of hydrogen-bond acceptors (Lipinski definition) is 5. The Labute approximate surface area is 141 Å². The molecule has 2 fully saturated rings. The molecule has 3 rings (SSSR count). The number of urea groups is 1. The molecule has 0 atom stereocenters. The second kappa shape index (κ2) is 6.60. The number of Topliss-reactive ketones (excluding diaryl/α,β-unsaturated/α-hetero) is 1. The van der Waals surface area contributed by atoms with Crippen molar-refractivity contribution in [2.24, 2.45) is 0 Å². The Balaban J connectivity index is 1.55. The van der Waals surface area contributed by atoms with Crippen LogP contribution in [0.5, 0.6) is 0 Å². The molecule has 2 aliphatic rings. The van der Waals surface area contributed by atoms with Crippen molar-refractivity contribution < 1.29 is 14.4 Å². The molecular weight excluding hydrogens is 308 g/mol. The first-order valence-corrected chi connectivity index (χ1v) is 8.09. The van der Waals surface area contributed by atoms with E-state index in [0.717, 1.165) is 31.9 Å². The van der Waals surface area contributed by atoms with Gasteiger partial charge in [-0.3, -0.25) is 14.5 Å². The van der Waals surface area contributed by atoms with Gasteiger partial charge >= 0.3 is 6.03 Å². The summed E-state index contributed by atoms with van der Waals surface area (Å²) in [4.78, 5) is 42.2. The van der Waals surface area contributed by atoms with Crippen molar-refractivity contribution in [1.29, 1.82) is 0 Å². The van der Waals surface area contributed by atoms with Gasteiger partial charge in [-0.25, -0.2) is 9.69 Å². The van der Waals surface area contributed by atoms with Gasteiger partial charge in [0.1, 0.15) is 6.54 Å². The molecule has 2 aliphatic heterocycles. The van der Waals surface area contributed by atoms with Crippen LogP contribution >= 0.6 is 0 Å². The van der Waals surface area contributed by atoms with E-state index in [9.17, 15) is 14.4 Å². The highest BCUT2D eigenvalue weighted by Gasteiger charge is 2.35. The first kappa shape index (κ1) is 16.4. The number of imide groups is 1. The molecule has 24 heavy (non-hydrogen) atoms. The molecule has 0 aliphatic carbocycles. The Hall–Kier alpha value is -2.41. The summed E-state index contributed by atoms with van der Waals surface area (Å²) in [5.41, 5.74) is 1.81. The van der Waals surface area contributed by atoms with E-state index >= 15 is 0 Å². The Bertz CT molecular complexity index is 650. The molecule has 1 aromatic rings. The highest BCUT2D eigenvalue weighted by molar-refractivity contribution is 6.01. The van der Waals surface area contributed by atoms with Crippen LogP contribution < -0.4 is 4.90 Å². The van der Waals surface area contributed by atoms with Crippen LogP contribution in [-0.2, 0) is 4.79 Å². The van der Waals surface area contributed by atoms with Crippen LogP contribution in [0.2, 0.25) is 0 Å². The lowest BCUT2D eigenvalue weighted by Gasteiger charge is -2.37. The predicted octanol–water partition coefficient (Wildman–Crippen LogP) is 0.863. The van der Waals surface area contributed by atoms with Gasteiger partial charge in [-0.05, 0) is 31.2 Å². The van der Waals surface area contributed by atoms with Crippen LogP contribution in [0.25, 0.3) is 0 Å². The lowest BCUT2D eigenvalue weighted by molar-refractivity contribution is -0.126. The van der Waals surface area contributed by atoms with Crippen molar-refractivity contribution in [2.75, 3.05) is 51.3 Å². The number of ketones is 1. The third kappa shape index (κ3) is 3.26. The van der Waals surface area contributed by atoms with Gasteiger partial charge in [-0.2, -0.15) is 0 Å². The van der Waals surface area contributed by atoms with Gasteiger partial charge in [0.25, 0.3) is 5.91 Å². The molecule has 0 unspecified atom stereocenters. The first-order valence-electron chi connectivity index (χ1n) is 8.09. The fraction of sp³-hybridized carbons (Fsp3) is 0.471.